The molecule has 0 radical (unpaired) electrons. The van der Waals surface area contributed by atoms with E-state index in [2.05, 4.69) is 25.6 Å². The Morgan fingerprint density at radius 2 is 1.15 bits per heavy atom. The van der Waals surface area contributed by atoms with Crippen molar-refractivity contribution < 1.29 is 35.4 Å². The largest absolute Gasteiger partial charge is 0.493 e. The summed E-state index contributed by atoms with van der Waals surface area (Å²) in [6.45, 7) is 0. The Labute approximate surface area is 203 Å². The highest BCUT2D eigenvalue weighted by atomic mass is 35.5. The van der Waals surface area contributed by atoms with E-state index in [1.807, 2.05) is 0 Å². The van der Waals surface area contributed by atoms with Crippen LogP contribution in [0.2, 0.25) is 10.0 Å². The summed E-state index contributed by atoms with van der Waals surface area (Å²) < 4.78 is 75.1. The van der Waals surface area contributed by atoms with Crippen molar-refractivity contribution >= 4 is 66.7 Å². The van der Waals surface area contributed by atoms with Crippen LogP contribution in [0.15, 0.2) is 40.4 Å². The van der Waals surface area contributed by atoms with Crippen LogP contribution in [0.4, 0.5) is 23.3 Å². The van der Waals surface area contributed by atoms with Crippen LogP contribution in [-0.4, -0.2) is 55.1 Å². The molecular weight excluding hydrogens is 537 g/mol. The molecule has 34 heavy (non-hydrogen) atoms. The van der Waals surface area contributed by atoms with Crippen LogP contribution in [0.5, 0.6) is 11.5 Å². The Morgan fingerprint density at radius 1 is 0.765 bits per heavy atom. The summed E-state index contributed by atoms with van der Waals surface area (Å²) in [7, 11) is -6.59. The van der Waals surface area contributed by atoms with Crippen LogP contribution in [0.3, 0.4) is 0 Å². The number of methoxy groups -OCH3 is 2. The molecule has 0 aliphatic heterocycles. The van der Waals surface area contributed by atoms with Gasteiger partial charge in [0.2, 0.25) is 11.9 Å². The fourth-order valence-corrected chi connectivity index (χ4v) is 4.48. The Kier molecular flexibility index (Phi) is 7.35. The highest BCUT2D eigenvalue weighted by Gasteiger charge is 2.20. The van der Waals surface area contributed by atoms with E-state index in [0.29, 0.717) is 0 Å². The quantitative estimate of drug-likeness (QED) is 0.298. The SMILES string of the molecule is COc1c(Cl)cc(S(=O)(=O)O)cc1Nc1ncnc(Nc2cc(S(=O)(=O)O)cc(Cl)c2OC)n1. The lowest BCUT2D eigenvalue weighted by atomic mass is 10.3. The minimum atomic E-state index is -4.58. The van der Waals surface area contributed by atoms with E-state index in [4.69, 9.17) is 32.7 Å². The number of aromatic nitrogens is 3. The van der Waals surface area contributed by atoms with Gasteiger partial charge in [0.25, 0.3) is 20.2 Å². The standard InChI is InChI=1S/C17H15Cl2N5O8S2/c1-31-14-10(18)3-8(33(25,26)27)5-12(14)22-16-20-7-21-17(24-16)23-13-6-9(34(28,29)30)4-11(19)15(13)32-2/h3-7H,1-2H3,(H,25,26,27)(H,28,29,30)(H2,20,21,22,23,24). The minimum absolute atomic E-state index is 0.00812. The van der Waals surface area contributed by atoms with Gasteiger partial charge < -0.3 is 20.1 Å². The van der Waals surface area contributed by atoms with E-state index < -0.39 is 30.0 Å². The molecule has 182 valence electrons. The molecule has 13 nitrogen and oxygen atoms in total. The van der Waals surface area contributed by atoms with Crippen molar-refractivity contribution in [3.63, 3.8) is 0 Å². The summed E-state index contributed by atoms with van der Waals surface area (Å²) in [6, 6.07) is 4.10. The van der Waals surface area contributed by atoms with Crippen molar-refractivity contribution in [3.05, 3.63) is 40.6 Å². The zero-order valence-electron chi connectivity index (χ0n) is 17.1. The molecule has 0 fully saturated rings. The van der Waals surface area contributed by atoms with Crippen molar-refractivity contribution in [1.29, 1.82) is 0 Å². The summed E-state index contributed by atoms with van der Waals surface area (Å²) >= 11 is 12.1. The Hall–Kier alpha value is -2.95. The third-order valence-corrected chi connectivity index (χ3v) is 6.33. The molecule has 0 saturated heterocycles. The number of ether oxygens (including phenoxy) is 2. The molecule has 2 aromatic carbocycles. The third-order valence-electron chi connectivity index (χ3n) is 4.10. The molecule has 1 heterocycles. The van der Waals surface area contributed by atoms with Crippen LogP contribution in [0, 0.1) is 0 Å². The van der Waals surface area contributed by atoms with Gasteiger partial charge in [-0.2, -0.15) is 21.8 Å². The van der Waals surface area contributed by atoms with Gasteiger partial charge >= 0.3 is 0 Å². The molecule has 4 N–H and O–H groups in total. The lowest BCUT2D eigenvalue weighted by Gasteiger charge is -2.14. The van der Waals surface area contributed by atoms with E-state index in [1.54, 1.807) is 0 Å². The molecule has 1 aromatic heterocycles. The smallest absolute Gasteiger partial charge is 0.294 e. The van der Waals surface area contributed by atoms with Crippen LogP contribution in [0.1, 0.15) is 0 Å². The van der Waals surface area contributed by atoms with Gasteiger partial charge in [-0.1, -0.05) is 23.2 Å². The number of nitrogens with zero attached hydrogens (tertiary/aromatic N) is 3. The first-order valence-electron chi connectivity index (χ1n) is 8.76. The average molecular weight is 552 g/mol. The first-order chi connectivity index (χ1) is 15.8. The zero-order chi connectivity index (χ0) is 25.3. The monoisotopic (exact) mass is 551 g/mol. The predicted molar refractivity (Wildman–Crippen MR) is 122 cm³/mol. The number of anilines is 4. The fraction of sp³-hybridized carbons (Fsp3) is 0.118. The fourth-order valence-electron chi connectivity index (χ4n) is 2.69. The molecule has 0 saturated carbocycles. The first-order valence-corrected chi connectivity index (χ1v) is 12.4. The Balaban J connectivity index is 2.01. The molecule has 0 aliphatic carbocycles. The third kappa shape index (κ3) is 5.75. The predicted octanol–water partition coefficient (Wildman–Crippen LogP) is 3.18. The Bertz CT molecular complexity index is 1360. The normalized spacial score (nSPS) is 11.7. The number of halogens is 2. The maximum Gasteiger partial charge on any atom is 0.294 e. The molecule has 0 amide bonds. The van der Waals surface area contributed by atoms with Gasteiger partial charge in [-0.3, -0.25) is 9.11 Å². The van der Waals surface area contributed by atoms with Crippen molar-refractivity contribution in [3.8, 4) is 11.5 Å². The molecule has 3 rings (SSSR count). The van der Waals surface area contributed by atoms with Gasteiger partial charge in [0.05, 0.1) is 45.4 Å². The summed E-state index contributed by atoms with van der Waals surface area (Å²) in [4.78, 5) is 10.9. The van der Waals surface area contributed by atoms with Crippen LogP contribution in [-0.2, 0) is 20.2 Å². The van der Waals surface area contributed by atoms with Crippen molar-refractivity contribution in [2.75, 3.05) is 24.9 Å². The molecule has 0 spiro atoms. The number of hydrogen-bond donors (Lipinski definition) is 4. The van der Waals surface area contributed by atoms with Crippen molar-refractivity contribution in [1.82, 2.24) is 15.0 Å². The lowest BCUT2D eigenvalue weighted by Crippen LogP contribution is -2.07. The topological polar surface area (TPSA) is 190 Å². The second-order valence-electron chi connectivity index (χ2n) is 6.30. The van der Waals surface area contributed by atoms with Gasteiger partial charge in [0.1, 0.15) is 6.33 Å². The minimum Gasteiger partial charge on any atom is -0.493 e. The summed E-state index contributed by atoms with van der Waals surface area (Å²) in [5, 5.41) is 5.16. The zero-order valence-corrected chi connectivity index (χ0v) is 20.3. The summed E-state index contributed by atoms with van der Waals surface area (Å²) in [5.74, 6) is -0.151. The number of benzene rings is 2. The molecule has 17 heteroatoms. The number of nitrogens with one attached hydrogen (secondary N) is 2. The maximum atomic E-state index is 11.5. The van der Waals surface area contributed by atoms with Crippen LogP contribution >= 0.6 is 23.2 Å². The van der Waals surface area contributed by atoms with E-state index >= 15 is 0 Å². The van der Waals surface area contributed by atoms with Gasteiger partial charge in [-0.05, 0) is 24.3 Å². The van der Waals surface area contributed by atoms with Crippen molar-refractivity contribution in [2.24, 2.45) is 0 Å². The lowest BCUT2D eigenvalue weighted by molar-refractivity contribution is 0.416. The molecule has 3 aromatic rings. The first kappa shape index (κ1) is 25.7. The molecule has 0 aliphatic rings. The highest BCUT2D eigenvalue weighted by molar-refractivity contribution is 7.86. The van der Waals surface area contributed by atoms with Gasteiger partial charge in [0.15, 0.2) is 11.5 Å². The maximum absolute atomic E-state index is 11.5. The number of hydrogen-bond acceptors (Lipinski definition) is 11. The second-order valence-corrected chi connectivity index (χ2v) is 9.96. The molecule has 0 bridgehead atoms. The van der Waals surface area contributed by atoms with Crippen LogP contribution in [0.25, 0.3) is 0 Å². The molecule has 0 unspecified atom stereocenters. The molecule has 0 atom stereocenters. The summed E-state index contributed by atoms with van der Waals surface area (Å²) in [6.07, 6.45) is 1.08. The van der Waals surface area contributed by atoms with E-state index in [0.717, 1.165) is 30.6 Å². The van der Waals surface area contributed by atoms with E-state index in [-0.39, 0.29) is 44.8 Å². The van der Waals surface area contributed by atoms with E-state index in [9.17, 15) is 25.9 Å². The van der Waals surface area contributed by atoms with Gasteiger partial charge in [0, 0.05) is 0 Å². The van der Waals surface area contributed by atoms with Crippen LogP contribution < -0.4 is 20.1 Å². The number of rotatable bonds is 8. The molecular formula is C17H15Cl2N5O8S2. The van der Waals surface area contributed by atoms with Crippen molar-refractivity contribution in [2.45, 2.75) is 9.79 Å². The highest BCUT2D eigenvalue weighted by Crippen LogP contribution is 2.38. The Morgan fingerprint density at radius 3 is 1.47 bits per heavy atom. The average Bonchev–Trinajstić information content (AvgIpc) is 2.72. The van der Waals surface area contributed by atoms with Gasteiger partial charge in [-0.25, -0.2) is 9.97 Å². The second kappa shape index (κ2) is 9.73. The summed E-state index contributed by atoms with van der Waals surface area (Å²) in [5.41, 5.74) is 0.0162. The van der Waals surface area contributed by atoms with Gasteiger partial charge in [-0.15, -0.1) is 0 Å². The van der Waals surface area contributed by atoms with E-state index in [1.165, 1.54) is 14.2 Å².